The van der Waals surface area contributed by atoms with E-state index in [1.165, 1.54) is 0 Å². The van der Waals surface area contributed by atoms with Crippen molar-refractivity contribution in [3.05, 3.63) is 29.8 Å². The number of carbonyl (C=O) groups is 1. The Labute approximate surface area is 120 Å². The fraction of sp³-hybridized carbons (Fsp3) is 0.429. The van der Waals surface area contributed by atoms with Crippen LogP contribution in [0.4, 0.5) is 5.69 Å². The van der Waals surface area contributed by atoms with E-state index in [0.717, 1.165) is 24.2 Å². The number of carbonyl (C=O) groups excluding carboxylic acids is 1. The van der Waals surface area contributed by atoms with Crippen LogP contribution in [-0.4, -0.2) is 35.4 Å². The third-order valence-corrected chi connectivity index (χ3v) is 3.29. The van der Waals surface area contributed by atoms with E-state index in [1.807, 2.05) is 18.9 Å². The number of hydrogen-bond donors (Lipinski definition) is 2. The summed E-state index contributed by atoms with van der Waals surface area (Å²) < 4.78 is 0. The summed E-state index contributed by atoms with van der Waals surface area (Å²) in [6.45, 7) is 4.89. The van der Waals surface area contributed by atoms with E-state index in [-0.39, 0.29) is 11.9 Å². The van der Waals surface area contributed by atoms with Crippen LogP contribution < -0.4 is 11.1 Å². The highest BCUT2D eigenvalue weighted by atomic mass is 32.1. The molecule has 0 fully saturated rings. The molecule has 0 heterocycles. The highest BCUT2D eigenvalue weighted by Gasteiger charge is 2.17. The zero-order chi connectivity index (χ0) is 14.4. The van der Waals surface area contributed by atoms with E-state index in [4.69, 9.17) is 18.0 Å². The Morgan fingerprint density at radius 2 is 2.00 bits per heavy atom. The van der Waals surface area contributed by atoms with E-state index in [0.29, 0.717) is 4.99 Å². The van der Waals surface area contributed by atoms with Gasteiger partial charge in [0.2, 0.25) is 5.91 Å². The lowest BCUT2D eigenvalue weighted by molar-refractivity contribution is -0.120. The second-order valence-corrected chi connectivity index (χ2v) is 5.03. The van der Waals surface area contributed by atoms with E-state index < -0.39 is 0 Å². The van der Waals surface area contributed by atoms with Gasteiger partial charge in [-0.1, -0.05) is 19.1 Å². The van der Waals surface area contributed by atoms with Crippen molar-refractivity contribution in [1.29, 1.82) is 0 Å². The van der Waals surface area contributed by atoms with E-state index in [1.54, 1.807) is 24.3 Å². The Balaban J connectivity index is 2.63. The topological polar surface area (TPSA) is 58.4 Å². The van der Waals surface area contributed by atoms with Crippen molar-refractivity contribution >= 4 is 28.8 Å². The Hall–Kier alpha value is -1.46. The first-order valence-corrected chi connectivity index (χ1v) is 6.77. The number of likely N-dealkylation sites (N-methyl/N-ethyl adjacent to an activating group) is 1. The molecule has 0 spiro atoms. The summed E-state index contributed by atoms with van der Waals surface area (Å²) >= 11 is 4.88. The second kappa shape index (κ2) is 7.21. The number of nitrogens with two attached hydrogens (primary N) is 1. The molecule has 1 unspecified atom stereocenters. The fourth-order valence-corrected chi connectivity index (χ4v) is 1.85. The van der Waals surface area contributed by atoms with Crippen LogP contribution in [0.1, 0.15) is 25.8 Å². The summed E-state index contributed by atoms with van der Waals surface area (Å²) in [4.78, 5) is 14.4. The molecule has 1 rings (SSSR count). The molecular formula is C14H21N3OS. The minimum atomic E-state index is -0.157. The lowest BCUT2D eigenvalue weighted by atomic mass is 10.2. The van der Waals surface area contributed by atoms with Crippen molar-refractivity contribution in [2.45, 2.75) is 26.3 Å². The summed E-state index contributed by atoms with van der Waals surface area (Å²) in [7, 11) is 1.95. The largest absolute Gasteiger partial charge is 0.389 e. The van der Waals surface area contributed by atoms with Crippen molar-refractivity contribution in [3.63, 3.8) is 0 Å². The van der Waals surface area contributed by atoms with Crippen LogP contribution in [0.15, 0.2) is 24.3 Å². The van der Waals surface area contributed by atoms with Gasteiger partial charge in [0.15, 0.2) is 0 Å². The molecule has 1 aromatic rings. The van der Waals surface area contributed by atoms with E-state index >= 15 is 0 Å². The molecule has 0 aliphatic carbocycles. The van der Waals surface area contributed by atoms with Gasteiger partial charge in [-0.2, -0.15) is 0 Å². The minimum absolute atomic E-state index is 0.0148. The molecule has 1 amide bonds. The lowest BCUT2D eigenvalue weighted by Crippen LogP contribution is -2.39. The van der Waals surface area contributed by atoms with Crippen molar-refractivity contribution in [2.75, 3.05) is 18.9 Å². The molecule has 0 aromatic heterocycles. The van der Waals surface area contributed by atoms with Gasteiger partial charge in [0, 0.05) is 11.3 Å². The zero-order valence-electron chi connectivity index (χ0n) is 11.6. The van der Waals surface area contributed by atoms with Crippen molar-refractivity contribution in [3.8, 4) is 0 Å². The molecule has 0 bridgehead atoms. The van der Waals surface area contributed by atoms with Crippen LogP contribution in [0.25, 0.3) is 0 Å². The summed E-state index contributed by atoms with van der Waals surface area (Å²) in [5.74, 6) is -0.0148. The second-order valence-electron chi connectivity index (χ2n) is 4.59. The maximum absolute atomic E-state index is 12.0. The van der Waals surface area contributed by atoms with Gasteiger partial charge in [0.1, 0.15) is 4.99 Å². The summed E-state index contributed by atoms with van der Waals surface area (Å²) in [6.07, 6.45) is 1.02. The van der Waals surface area contributed by atoms with Crippen LogP contribution >= 0.6 is 12.2 Å². The molecule has 1 aromatic carbocycles. The predicted molar refractivity (Wildman–Crippen MR) is 83.3 cm³/mol. The Kier molecular flexibility index (Phi) is 5.92. The van der Waals surface area contributed by atoms with Gasteiger partial charge in [0.05, 0.1) is 6.04 Å². The third kappa shape index (κ3) is 4.61. The Morgan fingerprint density at radius 1 is 1.42 bits per heavy atom. The monoisotopic (exact) mass is 279 g/mol. The molecule has 0 radical (unpaired) electrons. The van der Waals surface area contributed by atoms with Gasteiger partial charge in [-0.15, -0.1) is 0 Å². The van der Waals surface area contributed by atoms with E-state index in [9.17, 15) is 4.79 Å². The average molecular weight is 279 g/mol. The molecule has 19 heavy (non-hydrogen) atoms. The number of nitrogens with zero attached hydrogens (tertiary/aromatic N) is 1. The molecule has 4 nitrogen and oxygen atoms in total. The number of hydrogen-bond acceptors (Lipinski definition) is 3. The first-order chi connectivity index (χ1) is 8.95. The van der Waals surface area contributed by atoms with Crippen LogP contribution in [0.2, 0.25) is 0 Å². The number of benzene rings is 1. The number of thiocarbonyl (C=S) groups is 1. The number of nitrogens with one attached hydrogen (secondary N) is 1. The molecule has 0 saturated carbocycles. The van der Waals surface area contributed by atoms with Crippen molar-refractivity contribution in [2.24, 2.45) is 5.73 Å². The van der Waals surface area contributed by atoms with Gasteiger partial charge < -0.3 is 11.1 Å². The smallest absolute Gasteiger partial charge is 0.241 e. The minimum Gasteiger partial charge on any atom is -0.389 e. The quantitative estimate of drug-likeness (QED) is 0.782. The summed E-state index contributed by atoms with van der Waals surface area (Å²) in [5, 5.41) is 2.88. The summed E-state index contributed by atoms with van der Waals surface area (Å²) in [6, 6.07) is 7.06. The molecule has 5 heteroatoms. The standard InChI is InChI=1S/C14H21N3OS/c1-4-9-17(3)10(2)14(18)16-12-7-5-11(6-8-12)13(15)19/h5-8,10H,4,9H2,1-3H3,(H2,15,19)(H,16,18). The molecular weight excluding hydrogens is 258 g/mol. The van der Waals surface area contributed by atoms with Crippen molar-refractivity contribution in [1.82, 2.24) is 4.90 Å². The average Bonchev–Trinajstić information content (AvgIpc) is 2.38. The van der Waals surface area contributed by atoms with Gasteiger partial charge in [-0.3, -0.25) is 9.69 Å². The molecule has 3 N–H and O–H groups in total. The maximum Gasteiger partial charge on any atom is 0.241 e. The first kappa shape index (κ1) is 15.6. The highest BCUT2D eigenvalue weighted by Crippen LogP contribution is 2.11. The fourth-order valence-electron chi connectivity index (χ4n) is 1.71. The van der Waals surface area contributed by atoms with Gasteiger partial charge in [-0.05, 0) is 51.2 Å². The van der Waals surface area contributed by atoms with Gasteiger partial charge in [0.25, 0.3) is 0 Å². The van der Waals surface area contributed by atoms with Gasteiger partial charge in [-0.25, -0.2) is 0 Å². The van der Waals surface area contributed by atoms with Crippen LogP contribution in [0.5, 0.6) is 0 Å². The Bertz CT molecular complexity index is 445. The number of amides is 1. The SMILES string of the molecule is CCCN(C)C(C)C(=O)Nc1ccc(C(N)=S)cc1. The zero-order valence-corrected chi connectivity index (χ0v) is 12.5. The normalized spacial score (nSPS) is 12.2. The molecule has 0 aliphatic rings. The lowest BCUT2D eigenvalue weighted by Gasteiger charge is -2.23. The van der Waals surface area contributed by atoms with Crippen LogP contribution in [0.3, 0.4) is 0 Å². The van der Waals surface area contributed by atoms with Crippen LogP contribution in [-0.2, 0) is 4.79 Å². The molecule has 0 saturated heterocycles. The number of anilines is 1. The molecule has 104 valence electrons. The molecule has 1 atom stereocenters. The van der Waals surface area contributed by atoms with Crippen molar-refractivity contribution < 1.29 is 4.79 Å². The molecule has 0 aliphatic heterocycles. The predicted octanol–water partition coefficient (Wildman–Crippen LogP) is 1.99. The first-order valence-electron chi connectivity index (χ1n) is 6.36. The van der Waals surface area contributed by atoms with Crippen LogP contribution in [0, 0.1) is 0 Å². The highest BCUT2D eigenvalue weighted by molar-refractivity contribution is 7.80. The van der Waals surface area contributed by atoms with E-state index in [2.05, 4.69) is 12.2 Å². The number of rotatable bonds is 6. The van der Waals surface area contributed by atoms with Gasteiger partial charge >= 0.3 is 0 Å². The third-order valence-electron chi connectivity index (χ3n) is 3.05. The maximum atomic E-state index is 12.0. The Morgan fingerprint density at radius 3 is 2.47 bits per heavy atom. The summed E-state index contributed by atoms with van der Waals surface area (Å²) in [5.41, 5.74) is 7.07.